The number of aromatic nitrogens is 1. The lowest BCUT2D eigenvalue weighted by Gasteiger charge is -2.17. The fourth-order valence-electron chi connectivity index (χ4n) is 2.06. The summed E-state index contributed by atoms with van der Waals surface area (Å²) in [5, 5.41) is 14.4. The van der Waals surface area contributed by atoms with Crippen LogP contribution in [0.1, 0.15) is 43.0 Å². The van der Waals surface area contributed by atoms with Crippen LogP contribution in [-0.2, 0) is 0 Å². The Balaban J connectivity index is 1.89. The van der Waals surface area contributed by atoms with Gasteiger partial charge in [-0.1, -0.05) is 19.8 Å². The van der Waals surface area contributed by atoms with Crippen molar-refractivity contribution in [1.82, 2.24) is 10.3 Å². The number of nitrogens with zero attached hydrogens (tertiary/aromatic N) is 1. The van der Waals surface area contributed by atoms with Crippen molar-refractivity contribution in [2.45, 2.75) is 38.6 Å². The Bertz CT molecular complexity index is 500. The Kier molecular flexibility index (Phi) is 4.55. The minimum Gasteiger partial charge on any atom is -0.478 e. The molecule has 1 aromatic rings. The molecule has 0 aliphatic heterocycles. The van der Waals surface area contributed by atoms with Crippen LogP contribution in [0.2, 0.25) is 0 Å². The molecule has 2 amide bonds. The van der Waals surface area contributed by atoms with E-state index in [1.807, 2.05) is 6.92 Å². The zero-order valence-electron chi connectivity index (χ0n) is 11.4. The number of carbonyl (C=O) groups is 2. The van der Waals surface area contributed by atoms with Gasteiger partial charge < -0.3 is 15.7 Å². The molecule has 108 valence electrons. The van der Waals surface area contributed by atoms with Crippen LogP contribution in [0.15, 0.2) is 18.5 Å². The standard InChI is InChI=1S/C14H19N3O3/c1-2-11(5-9-3-4-9)16-14(20)17-12-6-10(13(18)19)7-15-8-12/h6-9,11H,2-5H2,1H3,(H,18,19)(H2,16,17,20). The van der Waals surface area contributed by atoms with Gasteiger partial charge in [-0.3, -0.25) is 4.98 Å². The van der Waals surface area contributed by atoms with Crippen LogP contribution in [-0.4, -0.2) is 28.1 Å². The molecule has 1 atom stereocenters. The fraction of sp³-hybridized carbons (Fsp3) is 0.500. The molecule has 1 aliphatic rings. The first-order valence-corrected chi connectivity index (χ1v) is 6.84. The van der Waals surface area contributed by atoms with Gasteiger partial charge in [-0.05, 0) is 24.8 Å². The zero-order valence-corrected chi connectivity index (χ0v) is 11.4. The number of rotatable bonds is 6. The van der Waals surface area contributed by atoms with Crippen LogP contribution in [0.5, 0.6) is 0 Å². The van der Waals surface area contributed by atoms with Crippen LogP contribution < -0.4 is 10.6 Å². The topological polar surface area (TPSA) is 91.3 Å². The molecule has 0 saturated heterocycles. The number of carbonyl (C=O) groups excluding carboxylic acids is 1. The molecule has 1 aromatic heterocycles. The van der Waals surface area contributed by atoms with E-state index in [2.05, 4.69) is 15.6 Å². The molecule has 0 bridgehead atoms. The Morgan fingerprint density at radius 2 is 2.20 bits per heavy atom. The van der Waals surface area contributed by atoms with Crippen LogP contribution >= 0.6 is 0 Å². The summed E-state index contributed by atoms with van der Waals surface area (Å²) >= 11 is 0. The molecule has 3 N–H and O–H groups in total. The van der Waals surface area contributed by atoms with Crippen molar-refractivity contribution < 1.29 is 14.7 Å². The summed E-state index contributed by atoms with van der Waals surface area (Å²) in [7, 11) is 0. The van der Waals surface area contributed by atoms with Gasteiger partial charge in [-0.25, -0.2) is 9.59 Å². The van der Waals surface area contributed by atoms with Crippen LogP contribution in [0, 0.1) is 5.92 Å². The third kappa shape index (κ3) is 4.22. The number of nitrogens with one attached hydrogen (secondary N) is 2. The number of carboxylic acid groups (broad SMARTS) is 1. The van der Waals surface area contributed by atoms with E-state index in [1.54, 1.807) is 0 Å². The van der Waals surface area contributed by atoms with Gasteiger partial charge in [-0.2, -0.15) is 0 Å². The highest BCUT2D eigenvalue weighted by Crippen LogP contribution is 2.34. The van der Waals surface area contributed by atoms with Crippen LogP contribution in [0.4, 0.5) is 10.5 Å². The van der Waals surface area contributed by atoms with Crippen molar-refractivity contribution in [2.24, 2.45) is 5.92 Å². The van der Waals surface area contributed by atoms with Crippen molar-refractivity contribution in [3.63, 3.8) is 0 Å². The first-order chi connectivity index (χ1) is 9.58. The largest absolute Gasteiger partial charge is 0.478 e. The summed E-state index contributed by atoms with van der Waals surface area (Å²) in [6.45, 7) is 2.04. The summed E-state index contributed by atoms with van der Waals surface area (Å²) in [6.07, 6.45) is 7.07. The summed E-state index contributed by atoms with van der Waals surface area (Å²) in [5.74, 6) is -0.320. The second kappa shape index (κ2) is 6.36. The third-order valence-corrected chi connectivity index (χ3v) is 3.39. The second-order valence-electron chi connectivity index (χ2n) is 5.15. The third-order valence-electron chi connectivity index (χ3n) is 3.39. The molecule has 0 spiro atoms. The number of hydrogen-bond donors (Lipinski definition) is 3. The van der Waals surface area contributed by atoms with Crippen molar-refractivity contribution in [3.05, 3.63) is 24.0 Å². The molecule has 6 heteroatoms. The van der Waals surface area contributed by atoms with Gasteiger partial charge in [0, 0.05) is 12.2 Å². The number of anilines is 1. The number of hydrogen-bond acceptors (Lipinski definition) is 3. The molecule has 1 fully saturated rings. The predicted octanol–water partition coefficient (Wildman–Crippen LogP) is 2.48. The Morgan fingerprint density at radius 3 is 2.80 bits per heavy atom. The van der Waals surface area contributed by atoms with Gasteiger partial charge in [0.25, 0.3) is 0 Å². The molecule has 6 nitrogen and oxygen atoms in total. The van der Waals surface area contributed by atoms with E-state index in [1.165, 1.54) is 31.3 Å². The molecule has 2 rings (SSSR count). The normalized spacial score (nSPS) is 15.4. The number of aromatic carboxylic acids is 1. The maximum atomic E-state index is 11.9. The fourth-order valence-corrected chi connectivity index (χ4v) is 2.06. The summed E-state index contributed by atoms with van der Waals surface area (Å²) < 4.78 is 0. The van der Waals surface area contributed by atoms with Gasteiger partial charge in [0.15, 0.2) is 0 Å². The molecule has 20 heavy (non-hydrogen) atoms. The molecule has 1 aliphatic carbocycles. The second-order valence-corrected chi connectivity index (χ2v) is 5.15. The first-order valence-electron chi connectivity index (χ1n) is 6.84. The lowest BCUT2D eigenvalue weighted by atomic mass is 10.1. The van der Waals surface area contributed by atoms with E-state index >= 15 is 0 Å². The highest BCUT2D eigenvalue weighted by atomic mass is 16.4. The molecule has 0 radical (unpaired) electrons. The summed E-state index contributed by atoms with van der Waals surface area (Å²) in [4.78, 5) is 26.5. The Morgan fingerprint density at radius 1 is 1.45 bits per heavy atom. The van der Waals surface area contributed by atoms with Crippen molar-refractivity contribution in [3.8, 4) is 0 Å². The summed E-state index contributed by atoms with van der Waals surface area (Å²) in [5.41, 5.74) is 0.427. The molecule has 1 saturated carbocycles. The monoisotopic (exact) mass is 277 g/mol. The Labute approximate surface area is 117 Å². The van der Waals surface area contributed by atoms with Gasteiger partial charge in [0.1, 0.15) is 0 Å². The van der Waals surface area contributed by atoms with E-state index in [0.29, 0.717) is 5.69 Å². The molecule has 1 unspecified atom stereocenters. The number of urea groups is 1. The molecular weight excluding hydrogens is 258 g/mol. The average Bonchev–Trinajstić information content (AvgIpc) is 3.22. The lowest BCUT2D eigenvalue weighted by Crippen LogP contribution is -2.37. The van der Waals surface area contributed by atoms with Gasteiger partial charge in [0.2, 0.25) is 0 Å². The SMILES string of the molecule is CCC(CC1CC1)NC(=O)Nc1cncc(C(=O)O)c1. The first kappa shape index (κ1) is 14.3. The number of pyridine rings is 1. The van der Waals surface area contributed by atoms with Gasteiger partial charge in [-0.15, -0.1) is 0 Å². The molecule has 0 aromatic carbocycles. The van der Waals surface area contributed by atoms with E-state index in [9.17, 15) is 9.59 Å². The van der Waals surface area contributed by atoms with E-state index in [-0.39, 0.29) is 17.6 Å². The quantitative estimate of drug-likeness (QED) is 0.745. The lowest BCUT2D eigenvalue weighted by molar-refractivity contribution is 0.0696. The smallest absolute Gasteiger partial charge is 0.337 e. The minimum absolute atomic E-state index is 0.0489. The zero-order chi connectivity index (χ0) is 14.5. The highest BCUT2D eigenvalue weighted by molar-refractivity contribution is 5.92. The maximum absolute atomic E-state index is 11.9. The highest BCUT2D eigenvalue weighted by Gasteiger charge is 2.25. The van der Waals surface area contributed by atoms with E-state index in [4.69, 9.17) is 5.11 Å². The van der Waals surface area contributed by atoms with Crippen molar-refractivity contribution in [1.29, 1.82) is 0 Å². The number of carboxylic acids is 1. The summed E-state index contributed by atoms with van der Waals surface area (Å²) in [6, 6.07) is 1.23. The number of amides is 2. The van der Waals surface area contributed by atoms with Crippen molar-refractivity contribution >= 4 is 17.7 Å². The van der Waals surface area contributed by atoms with Gasteiger partial charge in [0.05, 0.1) is 17.4 Å². The Hall–Kier alpha value is -2.11. The molecular formula is C14H19N3O3. The van der Waals surface area contributed by atoms with E-state index in [0.717, 1.165) is 18.8 Å². The van der Waals surface area contributed by atoms with Crippen LogP contribution in [0.25, 0.3) is 0 Å². The predicted molar refractivity (Wildman–Crippen MR) is 74.8 cm³/mol. The minimum atomic E-state index is -1.07. The average molecular weight is 277 g/mol. The van der Waals surface area contributed by atoms with Crippen molar-refractivity contribution in [2.75, 3.05) is 5.32 Å². The van der Waals surface area contributed by atoms with E-state index < -0.39 is 5.97 Å². The van der Waals surface area contributed by atoms with Gasteiger partial charge >= 0.3 is 12.0 Å². The van der Waals surface area contributed by atoms with Crippen LogP contribution in [0.3, 0.4) is 0 Å². The maximum Gasteiger partial charge on any atom is 0.337 e. The molecule has 1 heterocycles.